The summed E-state index contributed by atoms with van der Waals surface area (Å²) in [5.41, 5.74) is 0.150. The standard InChI is InChI=1S/C28H39F2N9O4/c1-16(2)39-23(31-15-33-39)24(41)36-22(17-6-9-28(29,30)10-7-17)20-14-38-25(35-20)34-19(13-32-38)21-12-18(40)8-11-37(21)26(42)43-27(3,4)5/h13-18,21-22,40H,6-12H2,1-5H3,(H,36,41)/t18-,21-,22-/m0/s1. The van der Waals surface area contributed by atoms with E-state index >= 15 is 0 Å². The molecule has 0 unspecified atom stereocenters. The summed E-state index contributed by atoms with van der Waals surface area (Å²) in [5, 5.41) is 22.0. The van der Waals surface area contributed by atoms with Crippen molar-refractivity contribution < 1.29 is 28.2 Å². The maximum absolute atomic E-state index is 14.1. The van der Waals surface area contributed by atoms with Crippen LogP contribution < -0.4 is 5.32 Å². The lowest BCUT2D eigenvalue weighted by atomic mass is 9.81. The fourth-order valence-corrected chi connectivity index (χ4v) is 5.71. The lowest BCUT2D eigenvalue weighted by molar-refractivity contribution is -0.0495. The van der Waals surface area contributed by atoms with Gasteiger partial charge < -0.3 is 15.2 Å². The number of fused-ring (bicyclic) bond motifs is 1. The molecule has 0 bridgehead atoms. The van der Waals surface area contributed by atoms with Crippen molar-refractivity contribution in [2.24, 2.45) is 5.92 Å². The number of hydrogen-bond donors (Lipinski definition) is 2. The summed E-state index contributed by atoms with van der Waals surface area (Å²) >= 11 is 0. The van der Waals surface area contributed by atoms with Crippen LogP contribution in [0.5, 0.6) is 0 Å². The fourth-order valence-electron chi connectivity index (χ4n) is 5.71. The minimum Gasteiger partial charge on any atom is -0.444 e. The summed E-state index contributed by atoms with van der Waals surface area (Å²) in [6, 6.07) is -1.41. The quantitative estimate of drug-likeness (QED) is 0.425. The van der Waals surface area contributed by atoms with Crippen molar-refractivity contribution in [3.63, 3.8) is 0 Å². The second kappa shape index (κ2) is 11.7. The Labute approximate surface area is 248 Å². The molecule has 2 aliphatic rings. The topological polar surface area (TPSA) is 153 Å². The molecule has 1 aliphatic carbocycles. The molecule has 1 saturated heterocycles. The summed E-state index contributed by atoms with van der Waals surface area (Å²) in [6.45, 7) is 9.38. The highest BCUT2D eigenvalue weighted by Crippen LogP contribution is 2.41. The van der Waals surface area contributed by atoms with Crippen LogP contribution in [0.1, 0.15) is 113 Å². The first-order valence-corrected chi connectivity index (χ1v) is 14.7. The van der Waals surface area contributed by atoms with Crippen LogP contribution in [0.25, 0.3) is 5.78 Å². The molecule has 3 aromatic rings. The highest BCUT2D eigenvalue weighted by molar-refractivity contribution is 5.90. The van der Waals surface area contributed by atoms with E-state index in [0.717, 1.165) is 0 Å². The number of alkyl halides is 2. The van der Waals surface area contributed by atoms with Gasteiger partial charge in [0.05, 0.1) is 42.0 Å². The van der Waals surface area contributed by atoms with Crippen LogP contribution in [-0.2, 0) is 4.74 Å². The molecule has 43 heavy (non-hydrogen) atoms. The van der Waals surface area contributed by atoms with Gasteiger partial charge >= 0.3 is 6.09 Å². The Bertz CT molecular complexity index is 1460. The lowest BCUT2D eigenvalue weighted by Gasteiger charge is -2.38. The Morgan fingerprint density at radius 3 is 2.53 bits per heavy atom. The van der Waals surface area contributed by atoms with E-state index in [9.17, 15) is 23.5 Å². The molecular formula is C28H39F2N9O4. The molecule has 15 heteroatoms. The summed E-state index contributed by atoms with van der Waals surface area (Å²) < 4.78 is 36.7. The van der Waals surface area contributed by atoms with Crippen molar-refractivity contribution in [1.29, 1.82) is 0 Å². The minimum atomic E-state index is -2.75. The molecule has 5 rings (SSSR count). The molecule has 2 N–H and O–H groups in total. The van der Waals surface area contributed by atoms with Crippen LogP contribution in [0.2, 0.25) is 0 Å². The average Bonchev–Trinajstić information content (AvgIpc) is 3.58. The summed E-state index contributed by atoms with van der Waals surface area (Å²) in [6.07, 6.45) is 3.77. The molecule has 4 heterocycles. The van der Waals surface area contributed by atoms with E-state index in [0.29, 0.717) is 17.8 Å². The second-order valence-corrected chi connectivity index (χ2v) is 12.7. The van der Waals surface area contributed by atoms with Gasteiger partial charge in [0.2, 0.25) is 11.7 Å². The van der Waals surface area contributed by atoms with E-state index in [1.165, 1.54) is 21.7 Å². The van der Waals surface area contributed by atoms with Gasteiger partial charge in [-0.2, -0.15) is 10.2 Å². The van der Waals surface area contributed by atoms with Crippen LogP contribution in [0, 0.1) is 5.92 Å². The first-order chi connectivity index (χ1) is 20.2. The Morgan fingerprint density at radius 2 is 1.86 bits per heavy atom. The number of aliphatic hydroxyl groups is 1. The number of piperidine rings is 1. The van der Waals surface area contributed by atoms with Crippen molar-refractivity contribution in [2.75, 3.05) is 6.54 Å². The van der Waals surface area contributed by atoms with E-state index in [1.54, 1.807) is 31.9 Å². The van der Waals surface area contributed by atoms with Crippen LogP contribution in [0.3, 0.4) is 0 Å². The van der Waals surface area contributed by atoms with Crippen LogP contribution in [-0.4, -0.2) is 80.5 Å². The Balaban J connectivity index is 1.46. The van der Waals surface area contributed by atoms with Crippen LogP contribution in [0.15, 0.2) is 18.7 Å². The zero-order chi connectivity index (χ0) is 31.1. The minimum absolute atomic E-state index is 0.113. The number of hydrogen-bond acceptors (Lipinski definition) is 9. The number of carbonyl (C=O) groups excluding carboxylic acids is 2. The molecule has 0 aromatic carbocycles. The van der Waals surface area contributed by atoms with Crippen LogP contribution in [0.4, 0.5) is 13.6 Å². The summed E-state index contributed by atoms with van der Waals surface area (Å²) in [7, 11) is 0. The number of halogens is 2. The van der Waals surface area contributed by atoms with Crippen molar-refractivity contribution in [3.05, 3.63) is 35.9 Å². The maximum Gasteiger partial charge on any atom is 0.410 e. The molecule has 1 saturated carbocycles. The lowest BCUT2D eigenvalue weighted by Crippen LogP contribution is -2.45. The second-order valence-electron chi connectivity index (χ2n) is 12.7. The monoisotopic (exact) mass is 603 g/mol. The highest BCUT2D eigenvalue weighted by atomic mass is 19.3. The van der Waals surface area contributed by atoms with Gasteiger partial charge in [0.1, 0.15) is 11.9 Å². The third-order valence-corrected chi connectivity index (χ3v) is 7.88. The molecule has 13 nitrogen and oxygen atoms in total. The zero-order valence-corrected chi connectivity index (χ0v) is 25.1. The molecule has 234 valence electrons. The molecule has 3 atom stereocenters. The van der Waals surface area contributed by atoms with Crippen molar-refractivity contribution in [1.82, 2.24) is 44.6 Å². The van der Waals surface area contributed by atoms with Gasteiger partial charge in [-0.25, -0.2) is 37.7 Å². The van der Waals surface area contributed by atoms with Gasteiger partial charge in [0, 0.05) is 25.4 Å². The van der Waals surface area contributed by atoms with Gasteiger partial charge in [-0.15, -0.1) is 0 Å². The van der Waals surface area contributed by atoms with Crippen molar-refractivity contribution >= 4 is 17.8 Å². The number of rotatable bonds is 6. The first-order valence-electron chi connectivity index (χ1n) is 14.7. The molecular weight excluding hydrogens is 564 g/mol. The maximum atomic E-state index is 14.1. The molecule has 1 aliphatic heterocycles. The molecule has 0 radical (unpaired) electrons. The van der Waals surface area contributed by atoms with Gasteiger partial charge in [-0.3, -0.25) is 9.69 Å². The van der Waals surface area contributed by atoms with Crippen molar-refractivity contribution in [3.8, 4) is 0 Å². The Kier molecular flexibility index (Phi) is 8.38. The molecule has 0 spiro atoms. The third kappa shape index (κ3) is 6.92. The van der Waals surface area contributed by atoms with E-state index in [4.69, 9.17) is 4.74 Å². The number of likely N-dealkylation sites (tertiary alicyclic amines) is 1. The van der Waals surface area contributed by atoms with Crippen molar-refractivity contribution in [2.45, 2.75) is 109 Å². The molecule has 3 aromatic heterocycles. The molecule has 2 fully saturated rings. The van der Waals surface area contributed by atoms with Gasteiger partial charge in [0.15, 0.2) is 0 Å². The molecule has 2 amide bonds. The highest BCUT2D eigenvalue weighted by Gasteiger charge is 2.40. The summed E-state index contributed by atoms with van der Waals surface area (Å²) in [4.78, 5) is 41.4. The number of aromatic nitrogens is 7. The number of amides is 2. The van der Waals surface area contributed by atoms with E-state index in [2.05, 4.69) is 30.5 Å². The van der Waals surface area contributed by atoms with E-state index in [-0.39, 0.29) is 62.2 Å². The number of aliphatic hydroxyl groups excluding tert-OH is 1. The fraction of sp³-hybridized carbons (Fsp3) is 0.679. The summed E-state index contributed by atoms with van der Waals surface area (Å²) in [5.74, 6) is -3.22. The van der Waals surface area contributed by atoms with Gasteiger partial charge in [-0.05, 0) is 66.2 Å². The number of carbonyl (C=O) groups is 2. The van der Waals surface area contributed by atoms with Crippen LogP contribution >= 0.6 is 0 Å². The first kappa shape index (κ1) is 30.7. The zero-order valence-electron chi connectivity index (χ0n) is 25.1. The normalized spacial score (nSPS) is 22.1. The SMILES string of the molecule is CC(C)n1ncnc1C(=O)N[C@H](c1cn2ncc([C@@H]3C[C@@H](O)CCN3C(=O)OC(C)(C)C)nc2n1)C1CCC(F)(F)CC1. The number of nitrogens with one attached hydrogen (secondary N) is 1. The predicted octanol–water partition coefficient (Wildman–Crippen LogP) is 4.03. The van der Waals surface area contributed by atoms with Gasteiger partial charge in [-0.1, -0.05) is 0 Å². The van der Waals surface area contributed by atoms with E-state index in [1.807, 2.05) is 13.8 Å². The van der Waals surface area contributed by atoms with Gasteiger partial charge in [0.25, 0.3) is 11.7 Å². The Hall–Kier alpha value is -3.75. The average molecular weight is 604 g/mol. The Morgan fingerprint density at radius 1 is 1.14 bits per heavy atom. The third-order valence-electron chi connectivity index (χ3n) is 7.88. The predicted molar refractivity (Wildman–Crippen MR) is 149 cm³/mol. The smallest absolute Gasteiger partial charge is 0.410 e. The van der Waals surface area contributed by atoms with E-state index < -0.39 is 41.7 Å². The number of ether oxygens (including phenoxy) is 1. The largest absolute Gasteiger partial charge is 0.444 e. The number of nitrogens with zero attached hydrogens (tertiary/aromatic N) is 8. The number of imidazole rings is 1.